The minimum absolute atomic E-state index is 0.0726. The monoisotopic (exact) mass is 377 g/mol. The molecule has 0 N–H and O–H groups in total. The molecule has 1 aromatic carbocycles. The first-order valence-corrected chi connectivity index (χ1v) is 9.52. The van der Waals surface area contributed by atoms with E-state index < -0.39 is 0 Å². The Bertz CT molecular complexity index is 812. The van der Waals surface area contributed by atoms with Crippen LogP contribution in [0.1, 0.15) is 29.0 Å². The molecule has 1 fully saturated rings. The maximum atomic E-state index is 12.7. The van der Waals surface area contributed by atoms with Crippen LogP contribution in [-0.4, -0.2) is 33.4 Å². The molecule has 0 radical (unpaired) electrons. The van der Waals surface area contributed by atoms with E-state index in [4.69, 9.17) is 16.1 Å². The number of benzene rings is 1. The van der Waals surface area contributed by atoms with Crippen molar-refractivity contribution >= 4 is 40.1 Å². The van der Waals surface area contributed by atoms with Crippen LogP contribution in [-0.2, 0) is 11.2 Å². The van der Waals surface area contributed by atoms with E-state index in [1.54, 1.807) is 16.7 Å². The second-order valence-corrected chi connectivity index (χ2v) is 7.44. The minimum atomic E-state index is 0.0726. The fourth-order valence-corrected chi connectivity index (χ4v) is 3.91. The molecule has 0 bridgehead atoms. The third-order valence-corrected chi connectivity index (χ3v) is 5.67. The number of thioether (sulfide) groups is 1. The summed E-state index contributed by atoms with van der Waals surface area (Å²) in [5, 5.41) is 5.37. The SMILES string of the molecule is Cc1noc(C)c1CCC(=O)N1CCSC1=Nc1cccc(Cl)c1C. The van der Waals surface area contributed by atoms with Crippen molar-refractivity contribution in [1.82, 2.24) is 10.1 Å². The van der Waals surface area contributed by atoms with Gasteiger partial charge in [-0.25, -0.2) is 4.99 Å². The molecule has 1 amide bonds. The van der Waals surface area contributed by atoms with E-state index in [9.17, 15) is 4.79 Å². The molecule has 0 spiro atoms. The number of hydrogen-bond donors (Lipinski definition) is 0. The Hall–Kier alpha value is -1.79. The standard InChI is InChI=1S/C18H20ClN3O2S/c1-11-15(19)5-4-6-16(11)20-18-22(9-10-25-18)17(23)8-7-14-12(2)21-24-13(14)3/h4-6H,7-10H2,1-3H3. The van der Waals surface area contributed by atoms with Gasteiger partial charge in [0.15, 0.2) is 5.17 Å². The van der Waals surface area contributed by atoms with Crippen molar-refractivity contribution in [2.45, 2.75) is 33.6 Å². The van der Waals surface area contributed by atoms with E-state index in [0.717, 1.165) is 39.2 Å². The molecule has 1 aliphatic heterocycles. The largest absolute Gasteiger partial charge is 0.361 e. The van der Waals surface area contributed by atoms with E-state index >= 15 is 0 Å². The summed E-state index contributed by atoms with van der Waals surface area (Å²) in [4.78, 5) is 19.1. The number of aromatic nitrogens is 1. The van der Waals surface area contributed by atoms with Crippen molar-refractivity contribution in [2.75, 3.05) is 12.3 Å². The van der Waals surface area contributed by atoms with Gasteiger partial charge in [0, 0.05) is 29.3 Å². The third kappa shape index (κ3) is 3.90. The zero-order valence-corrected chi connectivity index (χ0v) is 16.1. The highest BCUT2D eigenvalue weighted by Crippen LogP contribution is 2.29. The van der Waals surface area contributed by atoms with Crippen molar-refractivity contribution < 1.29 is 9.32 Å². The van der Waals surface area contributed by atoms with Crippen LogP contribution in [0.25, 0.3) is 0 Å². The van der Waals surface area contributed by atoms with Crippen LogP contribution < -0.4 is 0 Å². The van der Waals surface area contributed by atoms with Gasteiger partial charge in [-0.15, -0.1) is 0 Å². The van der Waals surface area contributed by atoms with Crippen LogP contribution in [0, 0.1) is 20.8 Å². The summed E-state index contributed by atoms with van der Waals surface area (Å²) in [5.41, 5.74) is 3.60. The molecule has 2 aromatic rings. The maximum absolute atomic E-state index is 12.7. The van der Waals surface area contributed by atoms with E-state index in [1.807, 2.05) is 39.0 Å². The highest BCUT2D eigenvalue weighted by atomic mass is 35.5. The Morgan fingerprint density at radius 2 is 2.20 bits per heavy atom. The van der Waals surface area contributed by atoms with E-state index in [2.05, 4.69) is 10.1 Å². The van der Waals surface area contributed by atoms with Crippen molar-refractivity contribution in [3.63, 3.8) is 0 Å². The normalized spacial score (nSPS) is 16.0. The lowest BCUT2D eigenvalue weighted by Crippen LogP contribution is -2.31. The number of aliphatic imine (C=N–C) groups is 1. The fourth-order valence-electron chi connectivity index (χ4n) is 2.77. The van der Waals surface area contributed by atoms with Crippen molar-refractivity contribution in [3.8, 4) is 0 Å². The van der Waals surface area contributed by atoms with Gasteiger partial charge in [-0.3, -0.25) is 9.69 Å². The van der Waals surface area contributed by atoms with Gasteiger partial charge in [-0.05, 0) is 44.9 Å². The number of amidine groups is 1. The van der Waals surface area contributed by atoms with E-state index in [0.29, 0.717) is 24.4 Å². The smallest absolute Gasteiger partial charge is 0.228 e. The second-order valence-electron chi connectivity index (χ2n) is 5.97. The summed E-state index contributed by atoms with van der Waals surface area (Å²) in [6.07, 6.45) is 1.04. The molecular formula is C18H20ClN3O2S. The Morgan fingerprint density at radius 3 is 2.92 bits per heavy atom. The van der Waals surface area contributed by atoms with E-state index in [-0.39, 0.29) is 5.91 Å². The first-order valence-electron chi connectivity index (χ1n) is 8.16. The number of halogens is 1. The molecule has 2 heterocycles. The van der Waals surface area contributed by atoms with Crippen LogP contribution >= 0.6 is 23.4 Å². The van der Waals surface area contributed by atoms with Crippen LogP contribution in [0.2, 0.25) is 5.02 Å². The average Bonchev–Trinajstić information content (AvgIpc) is 3.17. The van der Waals surface area contributed by atoms with E-state index in [1.165, 1.54) is 0 Å². The third-order valence-electron chi connectivity index (χ3n) is 4.30. The maximum Gasteiger partial charge on any atom is 0.228 e. The molecule has 5 nitrogen and oxygen atoms in total. The van der Waals surface area contributed by atoms with Gasteiger partial charge in [0.1, 0.15) is 5.76 Å². The van der Waals surface area contributed by atoms with Crippen molar-refractivity contribution in [3.05, 3.63) is 45.8 Å². The van der Waals surface area contributed by atoms with Gasteiger partial charge in [-0.2, -0.15) is 0 Å². The number of hydrogen-bond acceptors (Lipinski definition) is 5. The molecule has 132 valence electrons. The zero-order valence-electron chi connectivity index (χ0n) is 14.5. The summed E-state index contributed by atoms with van der Waals surface area (Å²) in [5.74, 6) is 1.71. The predicted molar refractivity (Wildman–Crippen MR) is 102 cm³/mol. The first-order chi connectivity index (χ1) is 12.0. The summed E-state index contributed by atoms with van der Waals surface area (Å²) in [7, 11) is 0. The van der Waals surface area contributed by atoms with Gasteiger partial charge in [0.2, 0.25) is 5.91 Å². The lowest BCUT2D eigenvalue weighted by atomic mass is 10.1. The number of carbonyl (C=O) groups is 1. The van der Waals surface area contributed by atoms with Gasteiger partial charge < -0.3 is 4.52 Å². The summed E-state index contributed by atoms with van der Waals surface area (Å²) >= 11 is 7.76. The average molecular weight is 378 g/mol. The van der Waals surface area contributed by atoms with Gasteiger partial charge in [-0.1, -0.05) is 34.6 Å². The Labute approximate surface area is 156 Å². The summed E-state index contributed by atoms with van der Waals surface area (Å²) in [6.45, 7) is 6.39. The predicted octanol–water partition coefficient (Wildman–Crippen LogP) is 4.45. The number of nitrogens with zero attached hydrogens (tertiary/aromatic N) is 3. The Morgan fingerprint density at radius 1 is 1.40 bits per heavy atom. The molecule has 0 aliphatic carbocycles. The summed E-state index contributed by atoms with van der Waals surface area (Å²) in [6, 6.07) is 5.63. The molecule has 0 unspecified atom stereocenters. The molecule has 0 atom stereocenters. The second kappa shape index (κ2) is 7.62. The lowest BCUT2D eigenvalue weighted by Gasteiger charge is -2.16. The molecule has 1 aliphatic rings. The topological polar surface area (TPSA) is 58.7 Å². The van der Waals surface area contributed by atoms with Crippen molar-refractivity contribution in [2.24, 2.45) is 4.99 Å². The molecule has 7 heteroatoms. The molecule has 1 saturated heterocycles. The van der Waals surface area contributed by atoms with Crippen LogP contribution in [0.3, 0.4) is 0 Å². The zero-order chi connectivity index (χ0) is 18.0. The highest BCUT2D eigenvalue weighted by molar-refractivity contribution is 8.14. The number of rotatable bonds is 4. The van der Waals surface area contributed by atoms with Crippen LogP contribution in [0.5, 0.6) is 0 Å². The molecular weight excluding hydrogens is 358 g/mol. The fraction of sp³-hybridized carbons (Fsp3) is 0.389. The van der Waals surface area contributed by atoms with Crippen LogP contribution in [0.4, 0.5) is 5.69 Å². The molecule has 1 aromatic heterocycles. The van der Waals surface area contributed by atoms with Gasteiger partial charge >= 0.3 is 0 Å². The molecule has 25 heavy (non-hydrogen) atoms. The Balaban J connectivity index is 1.73. The molecule has 3 rings (SSSR count). The molecule has 0 saturated carbocycles. The number of carbonyl (C=O) groups excluding carboxylic acids is 1. The quantitative estimate of drug-likeness (QED) is 0.789. The van der Waals surface area contributed by atoms with Crippen molar-refractivity contribution in [1.29, 1.82) is 0 Å². The van der Waals surface area contributed by atoms with Crippen LogP contribution in [0.15, 0.2) is 27.7 Å². The highest BCUT2D eigenvalue weighted by Gasteiger charge is 2.26. The first kappa shape index (κ1) is 18.0. The lowest BCUT2D eigenvalue weighted by molar-refractivity contribution is -0.126. The minimum Gasteiger partial charge on any atom is -0.361 e. The number of amides is 1. The Kier molecular flexibility index (Phi) is 5.49. The van der Waals surface area contributed by atoms with Gasteiger partial charge in [0.05, 0.1) is 11.4 Å². The van der Waals surface area contributed by atoms with Gasteiger partial charge in [0.25, 0.3) is 0 Å². The number of aryl methyl sites for hydroxylation is 2. The summed E-state index contributed by atoms with van der Waals surface area (Å²) < 4.78 is 5.16.